The van der Waals surface area contributed by atoms with E-state index >= 15 is 0 Å². The fourth-order valence-corrected chi connectivity index (χ4v) is 3.14. The molecule has 0 unspecified atom stereocenters. The van der Waals surface area contributed by atoms with E-state index in [1.54, 1.807) is 6.33 Å². The summed E-state index contributed by atoms with van der Waals surface area (Å²) < 4.78 is 1.89. The number of nitrogens with one attached hydrogen (secondary N) is 1. The molecular formula is C17H25ClIN7. The standard InChI is InChI=1S/C17H24ClN7.HI/c1-3-19-17(20-12-16-22-21-13-23(16)2)25-10-8-24(9-11-25)15-7-5-4-6-14(15)18;/h4-7,13H,3,8-12H2,1-2H3,(H,19,20);1H. The zero-order valence-electron chi connectivity index (χ0n) is 15.1. The van der Waals surface area contributed by atoms with E-state index < -0.39 is 0 Å². The first-order valence-corrected chi connectivity index (χ1v) is 8.92. The molecule has 1 aromatic carbocycles. The van der Waals surface area contributed by atoms with Crippen molar-refractivity contribution in [2.45, 2.75) is 13.5 Å². The van der Waals surface area contributed by atoms with Crippen LogP contribution in [0.25, 0.3) is 0 Å². The van der Waals surface area contributed by atoms with Gasteiger partial charge in [-0.3, -0.25) is 0 Å². The quantitative estimate of drug-likeness (QED) is 0.406. The summed E-state index contributed by atoms with van der Waals surface area (Å²) in [5.41, 5.74) is 1.10. The van der Waals surface area contributed by atoms with Crippen molar-refractivity contribution < 1.29 is 0 Å². The van der Waals surface area contributed by atoms with Gasteiger partial charge in [-0.15, -0.1) is 34.2 Å². The van der Waals surface area contributed by atoms with Gasteiger partial charge in [0.05, 0.1) is 10.7 Å². The van der Waals surface area contributed by atoms with Crippen LogP contribution in [0, 0.1) is 0 Å². The van der Waals surface area contributed by atoms with Gasteiger partial charge in [0.1, 0.15) is 12.9 Å². The molecule has 1 aliphatic heterocycles. The molecule has 1 saturated heterocycles. The van der Waals surface area contributed by atoms with E-state index in [0.29, 0.717) is 6.54 Å². The van der Waals surface area contributed by atoms with Crippen molar-refractivity contribution in [3.05, 3.63) is 41.4 Å². The fraction of sp³-hybridized carbons (Fsp3) is 0.471. The van der Waals surface area contributed by atoms with Crippen LogP contribution in [-0.4, -0.2) is 58.3 Å². The summed E-state index contributed by atoms with van der Waals surface area (Å²) in [5, 5.41) is 12.2. The van der Waals surface area contributed by atoms with Crippen LogP contribution < -0.4 is 10.2 Å². The van der Waals surface area contributed by atoms with Gasteiger partial charge >= 0.3 is 0 Å². The second-order valence-electron chi connectivity index (χ2n) is 5.95. The second kappa shape index (κ2) is 9.96. The first kappa shape index (κ1) is 20.8. The minimum atomic E-state index is 0. The Morgan fingerprint density at radius 2 is 1.96 bits per heavy atom. The minimum Gasteiger partial charge on any atom is -0.367 e. The molecular weight excluding hydrogens is 465 g/mol. The number of para-hydroxylation sites is 1. The summed E-state index contributed by atoms with van der Waals surface area (Å²) in [4.78, 5) is 9.33. The van der Waals surface area contributed by atoms with Crippen molar-refractivity contribution in [3.63, 3.8) is 0 Å². The monoisotopic (exact) mass is 489 g/mol. The van der Waals surface area contributed by atoms with Crippen LogP contribution in [0.5, 0.6) is 0 Å². The maximum Gasteiger partial charge on any atom is 0.194 e. The highest BCUT2D eigenvalue weighted by Crippen LogP contribution is 2.26. The lowest BCUT2D eigenvalue weighted by molar-refractivity contribution is 0.372. The molecule has 1 fully saturated rings. The van der Waals surface area contributed by atoms with Gasteiger partial charge in [0.15, 0.2) is 11.8 Å². The summed E-state index contributed by atoms with van der Waals surface area (Å²) in [6.45, 7) is 7.06. The predicted molar refractivity (Wildman–Crippen MR) is 116 cm³/mol. The van der Waals surface area contributed by atoms with Crippen LogP contribution in [-0.2, 0) is 13.6 Å². The summed E-state index contributed by atoms with van der Waals surface area (Å²) in [5.74, 6) is 1.77. The minimum absolute atomic E-state index is 0. The average Bonchev–Trinajstić information content (AvgIpc) is 3.04. The molecule has 26 heavy (non-hydrogen) atoms. The van der Waals surface area contributed by atoms with Gasteiger partial charge < -0.3 is 19.7 Å². The second-order valence-corrected chi connectivity index (χ2v) is 6.36. The van der Waals surface area contributed by atoms with Crippen molar-refractivity contribution in [2.24, 2.45) is 12.0 Å². The number of guanidine groups is 1. The van der Waals surface area contributed by atoms with Gasteiger partial charge in [0.2, 0.25) is 0 Å². The highest BCUT2D eigenvalue weighted by molar-refractivity contribution is 14.0. The number of anilines is 1. The lowest BCUT2D eigenvalue weighted by atomic mass is 10.2. The van der Waals surface area contributed by atoms with Crippen LogP contribution >= 0.6 is 35.6 Å². The first-order chi connectivity index (χ1) is 12.2. The van der Waals surface area contributed by atoms with E-state index in [0.717, 1.165) is 55.2 Å². The summed E-state index contributed by atoms with van der Waals surface area (Å²) in [6.07, 6.45) is 1.69. The molecule has 9 heteroatoms. The summed E-state index contributed by atoms with van der Waals surface area (Å²) in [6, 6.07) is 8.01. The lowest BCUT2D eigenvalue weighted by Crippen LogP contribution is -2.52. The van der Waals surface area contributed by atoms with Crippen molar-refractivity contribution >= 4 is 47.2 Å². The average molecular weight is 490 g/mol. The molecule has 0 spiro atoms. The Labute approximate surface area is 176 Å². The zero-order chi connectivity index (χ0) is 17.6. The molecule has 0 bridgehead atoms. The molecule has 1 N–H and O–H groups in total. The largest absolute Gasteiger partial charge is 0.367 e. The van der Waals surface area contributed by atoms with Gasteiger partial charge in [-0.25, -0.2) is 4.99 Å². The summed E-state index contributed by atoms with van der Waals surface area (Å²) in [7, 11) is 1.93. The molecule has 0 saturated carbocycles. The number of halogens is 2. The van der Waals surface area contributed by atoms with E-state index in [2.05, 4.69) is 38.3 Å². The molecule has 0 atom stereocenters. The van der Waals surface area contributed by atoms with E-state index in [1.807, 2.05) is 29.8 Å². The van der Waals surface area contributed by atoms with E-state index in [4.69, 9.17) is 16.6 Å². The Kier molecular flexibility index (Phi) is 7.95. The van der Waals surface area contributed by atoms with Gasteiger partial charge in [-0.2, -0.15) is 0 Å². The third-order valence-electron chi connectivity index (χ3n) is 4.28. The predicted octanol–water partition coefficient (Wildman–Crippen LogP) is 2.37. The number of rotatable bonds is 4. The van der Waals surface area contributed by atoms with Crippen molar-refractivity contribution in [3.8, 4) is 0 Å². The molecule has 2 aromatic rings. The molecule has 142 valence electrons. The van der Waals surface area contributed by atoms with Gasteiger partial charge in [-0.1, -0.05) is 23.7 Å². The third-order valence-corrected chi connectivity index (χ3v) is 4.60. The van der Waals surface area contributed by atoms with Crippen LogP contribution in [0.15, 0.2) is 35.6 Å². The molecule has 2 heterocycles. The molecule has 1 aliphatic rings. The Morgan fingerprint density at radius 3 is 2.58 bits per heavy atom. The van der Waals surface area contributed by atoms with E-state index in [-0.39, 0.29) is 24.0 Å². The molecule has 0 amide bonds. The molecule has 1 aromatic heterocycles. The third kappa shape index (κ3) is 5.00. The normalized spacial score (nSPS) is 15.0. The maximum atomic E-state index is 6.32. The van der Waals surface area contributed by atoms with Gasteiger partial charge in [0.25, 0.3) is 0 Å². The van der Waals surface area contributed by atoms with E-state index in [9.17, 15) is 0 Å². The van der Waals surface area contributed by atoms with Crippen molar-refractivity contribution in [1.82, 2.24) is 25.0 Å². The number of hydrogen-bond acceptors (Lipinski definition) is 4. The van der Waals surface area contributed by atoms with Crippen molar-refractivity contribution in [1.29, 1.82) is 0 Å². The molecule has 0 aliphatic carbocycles. The Balaban J connectivity index is 0.00000243. The molecule has 7 nitrogen and oxygen atoms in total. The highest BCUT2D eigenvalue weighted by atomic mass is 127. The number of benzene rings is 1. The number of piperazine rings is 1. The van der Waals surface area contributed by atoms with Gasteiger partial charge in [-0.05, 0) is 19.1 Å². The lowest BCUT2D eigenvalue weighted by Gasteiger charge is -2.38. The topological polar surface area (TPSA) is 61.6 Å². The first-order valence-electron chi connectivity index (χ1n) is 8.54. The van der Waals surface area contributed by atoms with Crippen LogP contribution in [0.3, 0.4) is 0 Å². The number of aryl methyl sites for hydroxylation is 1. The number of hydrogen-bond donors (Lipinski definition) is 1. The Bertz CT molecular complexity index is 725. The molecule has 3 rings (SSSR count). The van der Waals surface area contributed by atoms with Crippen LogP contribution in [0.2, 0.25) is 5.02 Å². The highest BCUT2D eigenvalue weighted by Gasteiger charge is 2.21. The summed E-state index contributed by atoms with van der Waals surface area (Å²) >= 11 is 6.32. The number of nitrogens with zero attached hydrogens (tertiary/aromatic N) is 6. The van der Waals surface area contributed by atoms with E-state index in [1.165, 1.54) is 0 Å². The zero-order valence-corrected chi connectivity index (χ0v) is 18.2. The smallest absolute Gasteiger partial charge is 0.194 e. The molecule has 0 radical (unpaired) electrons. The Morgan fingerprint density at radius 1 is 1.23 bits per heavy atom. The van der Waals surface area contributed by atoms with Gasteiger partial charge in [0, 0.05) is 39.8 Å². The Hall–Kier alpha value is -1.55. The van der Waals surface area contributed by atoms with Crippen molar-refractivity contribution in [2.75, 3.05) is 37.6 Å². The maximum absolute atomic E-state index is 6.32. The fourth-order valence-electron chi connectivity index (χ4n) is 2.89. The van der Waals surface area contributed by atoms with Crippen LogP contribution in [0.4, 0.5) is 5.69 Å². The van der Waals surface area contributed by atoms with Crippen LogP contribution in [0.1, 0.15) is 12.7 Å². The number of aromatic nitrogens is 3. The number of aliphatic imine (C=N–C) groups is 1. The SMILES string of the molecule is CCNC(=NCc1nncn1C)N1CCN(c2ccccc2Cl)CC1.I.